The predicted molar refractivity (Wildman–Crippen MR) is 56.2 cm³/mol. The van der Waals surface area contributed by atoms with Crippen LogP contribution in [0.5, 0.6) is 0 Å². The van der Waals surface area contributed by atoms with Crippen molar-refractivity contribution in [3.05, 3.63) is 17.5 Å². The van der Waals surface area contributed by atoms with Crippen molar-refractivity contribution in [1.29, 1.82) is 0 Å². The Morgan fingerprint density at radius 3 is 2.60 bits per heavy atom. The molecule has 1 rings (SSSR count). The highest BCUT2D eigenvalue weighted by atomic mass is 16.3. The third-order valence-electron chi connectivity index (χ3n) is 1.89. The number of nitrogens with one attached hydrogen (secondary N) is 1. The highest BCUT2D eigenvalue weighted by Crippen LogP contribution is 2.05. The van der Waals surface area contributed by atoms with Gasteiger partial charge in [0.1, 0.15) is 0 Å². The zero-order valence-corrected chi connectivity index (χ0v) is 8.64. The molecular formula is C9H16N4O2. The molecule has 0 atom stereocenters. The van der Waals surface area contributed by atoms with Gasteiger partial charge in [0, 0.05) is 12.2 Å². The molecule has 0 bridgehead atoms. The highest BCUT2D eigenvalue weighted by molar-refractivity contribution is 5.29. The number of rotatable bonds is 5. The van der Waals surface area contributed by atoms with E-state index >= 15 is 0 Å². The summed E-state index contributed by atoms with van der Waals surface area (Å²) in [7, 11) is 0. The molecule has 1 aromatic rings. The van der Waals surface area contributed by atoms with Crippen LogP contribution in [0.25, 0.3) is 0 Å². The second kappa shape index (κ2) is 5.59. The second-order valence-electron chi connectivity index (χ2n) is 3.23. The molecule has 0 saturated heterocycles. The lowest BCUT2D eigenvalue weighted by Gasteiger charge is -2.13. The Labute approximate surface area is 88.2 Å². The Balaban J connectivity index is 2.79. The molecule has 84 valence electrons. The smallest absolute Gasteiger partial charge is 0.223 e. The van der Waals surface area contributed by atoms with Gasteiger partial charge in [-0.3, -0.25) is 0 Å². The molecule has 0 aliphatic carbocycles. The van der Waals surface area contributed by atoms with Gasteiger partial charge in [0.15, 0.2) is 0 Å². The van der Waals surface area contributed by atoms with Crippen LogP contribution in [0, 0.1) is 6.92 Å². The van der Waals surface area contributed by atoms with Crippen LogP contribution in [0.3, 0.4) is 0 Å². The van der Waals surface area contributed by atoms with E-state index in [0.717, 1.165) is 11.4 Å². The summed E-state index contributed by atoms with van der Waals surface area (Å²) in [6, 6.07) is 1.34. The van der Waals surface area contributed by atoms with E-state index in [-0.39, 0.29) is 13.2 Å². The van der Waals surface area contributed by atoms with Crippen LogP contribution in [-0.4, -0.2) is 39.4 Å². The van der Waals surface area contributed by atoms with Crippen LogP contribution in [0.2, 0.25) is 0 Å². The van der Waals surface area contributed by atoms with Crippen LogP contribution >= 0.6 is 0 Å². The van der Waals surface area contributed by atoms with Crippen molar-refractivity contribution in [2.45, 2.75) is 19.5 Å². The molecule has 6 heteroatoms. The van der Waals surface area contributed by atoms with Gasteiger partial charge in [0.05, 0.1) is 24.9 Å². The van der Waals surface area contributed by atoms with Crippen molar-refractivity contribution in [2.75, 3.05) is 18.5 Å². The van der Waals surface area contributed by atoms with Gasteiger partial charge < -0.3 is 21.3 Å². The molecule has 0 unspecified atom stereocenters. The lowest BCUT2D eigenvalue weighted by Crippen LogP contribution is -2.29. The Bertz CT molecular complexity index is 315. The standard InChI is InChI=1S/C9H16N4O2/c1-6-2-7(3-10)12-9(11-6)13-8(4-14)5-15/h2,8,14-15H,3-5,10H2,1H3,(H,11,12,13). The van der Waals surface area contributed by atoms with E-state index in [2.05, 4.69) is 15.3 Å². The fraction of sp³-hybridized carbons (Fsp3) is 0.556. The minimum Gasteiger partial charge on any atom is -0.394 e. The van der Waals surface area contributed by atoms with Crippen molar-refractivity contribution >= 4 is 5.95 Å². The molecule has 6 nitrogen and oxygen atoms in total. The third kappa shape index (κ3) is 3.43. The molecule has 0 aliphatic rings. The van der Waals surface area contributed by atoms with Crippen LogP contribution in [0.15, 0.2) is 6.07 Å². The molecule has 0 spiro atoms. The largest absolute Gasteiger partial charge is 0.394 e. The summed E-state index contributed by atoms with van der Waals surface area (Å²) < 4.78 is 0. The van der Waals surface area contributed by atoms with Crippen molar-refractivity contribution in [3.63, 3.8) is 0 Å². The summed E-state index contributed by atoms with van der Waals surface area (Å²) in [4.78, 5) is 8.24. The van der Waals surface area contributed by atoms with Gasteiger partial charge in [0.2, 0.25) is 5.95 Å². The minimum atomic E-state index is -0.447. The summed E-state index contributed by atoms with van der Waals surface area (Å²) in [5.41, 5.74) is 6.98. The summed E-state index contributed by atoms with van der Waals surface area (Å²) >= 11 is 0. The zero-order chi connectivity index (χ0) is 11.3. The molecule has 0 saturated carbocycles. The van der Waals surface area contributed by atoms with E-state index in [1.54, 1.807) is 6.07 Å². The number of nitrogens with zero attached hydrogens (tertiary/aromatic N) is 2. The molecule has 0 radical (unpaired) electrons. The van der Waals surface area contributed by atoms with E-state index in [9.17, 15) is 0 Å². The Hall–Kier alpha value is -1.24. The molecule has 1 heterocycles. The second-order valence-corrected chi connectivity index (χ2v) is 3.23. The van der Waals surface area contributed by atoms with Gasteiger partial charge in [-0.25, -0.2) is 9.97 Å². The summed E-state index contributed by atoms with van der Waals surface area (Å²) in [6.45, 7) is 1.82. The van der Waals surface area contributed by atoms with E-state index in [1.807, 2.05) is 6.92 Å². The molecule has 5 N–H and O–H groups in total. The van der Waals surface area contributed by atoms with Gasteiger partial charge in [-0.05, 0) is 13.0 Å². The van der Waals surface area contributed by atoms with Gasteiger partial charge in [-0.15, -0.1) is 0 Å². The Kier molecular flexibility index (Phi) is 4.41. The fourth-order valence-electron chi connectivity index (χ4n) is 1.13. The number of aliphatic hydroxyl groups is 2. The average Bonchev–Trinajstić information content (AvgIpc) is 2.25. The van der Waals surface area contributed by atoms with Crippen LogP contribution in [0.1, 0.15) is 11.4 Å². The topological polar surface area (TPSA) is 104 Å². The minimum absolute atomic E-state index is 0.175. The maximum atomic E-state index is 8.88. The number of nitrogens with two attached hydrogens (primary N) is 1. The number of anilines is 1. The summed E-state index contributed by atoms with van der Waals surface area (Å²) in [5.74, 6) is 0.378. The normalized spacial score (nSPS) is 10.7. The van der Waals surface area contributed by atoms with Crippen LogP contribution in [-0.2, 0) is 6.54 Å². The van der Waals surface area contributed by atoms with Crippen molar-refractivity contribution in [1.82, 2.24) is 9.97 Å². The maximum Gasteiger partial charge on any atom is 0.223 e. The third-order valence-corrected chi connectivity index (χ3v) is 1.89. The van der Waals surface area contributed by atoms with Gasteiger partial charge in [0.25, 0.3) is 0 Å². The number of aliphatic hydroxyl groups excluding tert-OH is 2. The first-order valence-electron chi connectivity index (χ1n) is 4.72. The average molecular weight is 212 g/mol. The lowest BCUT2D eigenvalue weighted by molar-refractivity contribution is 0.203. The Morgan fingerprint density at radius 2 is 2.07 bits per heavy atom. The van der Waals surface area contributed by atoms with E-state index < -0.39 is 6.04 Å². The number of hydrogen-bond acceptors (Lipinski definition) is 6. The molecule has 0 fully saturated rings. The SMILES string of the molecule is Cc1cc(CN)nc(NC(CO)CO)n1. The molecular weight excluding hydrogens is 196 g/mol. The van der Waals surface area contributed by atoms with Gasteiger partial charge in [-0.2, -0.15) is 0 Å². The van der Waals surface area contributed by atoms with Crippen molar-refractivity contribution in [2.24, 2.45) is 5.73 Å². The molecule has 15 heavy (non-hydrogen) atoms. The maximum absolute atomic E-state index is 8.88. The van der Waals surface area contributed by atoms with Gasteiger partial charge >= 0.3 is 0 Å². The van der Waals surface area contributed by atoms with E-state index in [0.29, 0.717) is 12.5 Å². The predicted octanol–water partition coefficient (Wildman–Crippen LogP) is -0.991. The van der Waals surface area contributed by atoms with E-state index in [4.69, 9.17) is 15.9 Å². The number of hydrogen-bond donors (Lipinski definition) is 4. The summed E-state index contributed by atoms with van der Waals surface area (Å²) in [5, 5.41) is 20.6. The number of aromatic nitrogens is 2. The quantitative estimate of drug-likeness (QED) is 0.499. The molecule has 0 aromatic carbocycles. The first-order chi connectivity index (χ1) is 7.19. The highest BCUT2D eigenvalue weighted by Gasteiger charge is 2.08. The van der Waals surface area contributed by atoms with Gasteiger partial charge in [-0.1, -0.05) is 0 Å². The van der Waals surface area contributed by atoms with Crippen LogP contribution < -0.4 is 11.1 Å². The Morgan fingerprint density at radius 1 is 1.40 bits per heavy atom. The van der Waals surface area contributed by atoms with Crippen molar-refractivity contribution in [3.8, 4) is 0 Å². The lowest BCUT2D eigenvalue weighted by atomic mass is 10.3. The van der Waals surface area contributed by atoms with Crippen LogP contribution in [0.4, 0.5) is 5.95 Å². The van der Waals surface area contributed by atoms with Crippen molar-refractivity contribution < 1.29 is 10.2 Å². The molecule has 0 amide bonds. The molecule has 1 aromatic heterocycles. The fourth-order valence-corrected chi connectivity index (χ4v) is 1.13. The summed E-state index contributed by atoms with van der Waals surface area (Å²) in [6.07, 6.45) is 0. The molecule has 0 aliphatic heterocycles. The zero-order valence-electron chi connectivity index (χ0n) is 8.64. The number of aryl methyl sites for hydroxylation is 1. The first-order valence-corrected chi connectivity index (χ1v) is 4.72. The van der Waals surface area contributed by atoms with E-state index in [1.165, 1.54) is 0 Å². The first kappa shape index (κ1) is 11.8. The monoisotopic (exact) mass is 212 g/mol.